The Bertz CT molecular complexity index is 597. The molecule has 0 aromatic heterocycles. The maximum absolute atomic E-state index is 12.2. The minimum Gasteiger partial charge on any atom is -0.481 e. The summed E-state index contributed by atoms with van der Waals surface area (Å²) in [5, 5.41) is 16.1. The molecule has 0 radical (unpaired) electrons. The zero-order valence-corrected chi connectivity index (χ0v) is 17.3. The van der Waals surface area contributed by atoms with E-state index in [9.17, 15) is 24.0 Å². The van der Waals surface area contributed by atoms with Crippen molar-refractivity contribution in [2.75, 3.05) is 6.54 Å². The molecular formula is C18H32N4O7. The number of hydrogen-bond donors (Lipinski definition) is 5. The molecule has 0 saturated heterocycles. The SMILES string of the molecule is CCCC(=O)NC[C@H](C)O[C@@H](C)C(=O)N[C@@H](C)C(=O)N[C@H](CCC(=O)O)C(N)=O. The van der Waals surface area contributed by atoms with Crippen molar-refractivity contribution in [3.05, 3.63) is 0 Å². The van der Waals surface area contributed by atoms with Gasteiger partial charge in [-0.3, -0.25) is 24.0 Å². The second kappa shape index (κ2) is 13.5. The van der Waals surface area contributed by atoms with Crippen LogP contribution in [0.5, 0.6) is 0 Å². The van der Waals surface area contributed by atoms with E-state index in [4.69, 9.17) is 15.6 Å². The summed E-state index contributed by atoms with van der Waals surface area (Å²) in [7, 11) is 0. The lowest BCUT2D eigenvalue weighted by Crippen LogP contribution is -2.53. The van der Waals surface area contributed by atoms with E-state index in [-0.39, 0.29) is 25.3 Å². The third-order valence-electron chi connectivity index (χ3n) is 3.93. The molecule has 0 rings (SSSR count). The maximum atomic E-state index is 12.2. The van der Waals surface area contributed by atoms with Crippen LogP contribution >= 0.6 is 0 Å². The van der Waals surface area contributed by atoms with Crippen molar-refractivity contribution in [1.82, 2.24) is 16.0 Å². The monoisotopic (exact) mass is 416 g/mol. The molecule has 6 N–H and O–H groups in total. The van der Waals surface area contributed by atoms with Crippen LogP contribution in [0.15, 0.2) is 0 Å². The molecule has 4 atom stereocenters. The molecule has 0 aliphatic heterocycles. The summed E-state index contributed by atoms with van der Waals surface area (Å²) in [5.41, 5.74) is 5.16. The average molecular weight is 416 g/mol. The first-order valence-electron chi connectivity index (χ1n) is 9.51. The molecule has 0 aliphatic carbocycles. The molecule has 4 amide bonds. The van der Waals surface area contributed by atoms with Crippen molar-refractivity contribution >= 4 is 29.6 Å². The highest BCUT2D eigenvalue weighted by atomic mass is 16.5. The number of ether oxygens (including phenoxy) is 1. The van der Waals surface area contributed by atoms with Crippen LogP contribution in [0, 0.1) is 0 Å². The van der Waals surface area contributed by atoms with Gasteiger partial charge in [-0.25, -0.2) is 0 Å². The van der Waals surface area contributed by atoms with E-state index in [1.165, 1.54) is 13.8 Å². The van der Waals surface area contributed by atoms with Crippen LogP contribution in [-0.2, 0) is 28.7 Å². The van der Waals surface area contributed by atoms with Gasteiger partial charge >= 0.3 is 5.97 Å². The van der Waals surface area contributed by atoms with Crippen LogP contribution in [0.25, 0.3) is 0 Å². The van der Waals surface area contributed by atoms with Crippen LogP contribution < -0.4 is 21.7 Å². The van der Waals surface area contributed by atoms with Gasteiger partial charge in [-0.05, 0) is 33.6 Å². The van der Waals surface area contributed by atoms with Gasteiger partial charge in [-0.15, -0.1) is 0 Å². The predicted molar refractivity (Wildman–Crippen MR) is 104 cm³/mol. The van der Waals surface area contributed by atoms with E-state index < -0.39 is 48.0 Å². The number of carbonyl (C=O) groups is 5. The quantitative estimate of drug-likeness (QED) is 0.242. The number of nitrogens with two attached hydrogens (primary N) is 1. The molecular weight excluding hydrogens is 384 g/mol. The predicted octanol–water partition coefficient (Wildman–Crippen LogP) is -0.964. The summed E-state index contributed by atoms with van der Waals surface area (Å²) < 4.78 is 5.51. The Labute approximate surface area is 170 Å². The number of rotatable bonds is 14. The summed E-state index contributed by atoms with van der Waals surface area (Å²) in [4.78, 5) is 57.8. The molecule has 11 nitrogen and oxygen atoms in total. The number of hydrogen-bond acceptors (Lipinski definition) is 6. The van der Waals surface area contributed by atoms with E-state index in [0.29, 0.717) is 6.42 Å². The van der Waals surface area contributed by atoms with Gasteiger partial charge in [0.25, 0.3) is 0 Å². The number of carboxylic acid groups (broad SMARTS) is 1. The topological polar surface area (TPSA) is 177 Å². The average Bonchev–Trinajstić information content (AvgIpc) is 2.62. The lowest BCUT2D eigenvalue weighted by molar-refractivity contribution is -0.138. The van der Waals surface area contributed by atoms with Crippen LogP contribution in [0.1, 0.15) is 53.4 Å². The van der Waals surface area contributed by atoms with Gasteiger partial charge in [-0.1, -0.05) is 6.92 Å². The third-order valence-corrected chi connectivity index (χ3v) is 3.93. The normalized spacial score (nSPS) is 14.8. The van der Waals surface area contributed by atoms with Crippen molar-refractivity contribution in [3.63, 3.8) is 0 Å². The van der Waals surface area contributed by atoms with Gasteiger partial charge in [-0.2, -0.15) is 0 Å². The molecule has 0 aliphatic rings. The molecule has 0 unspecified atom stereocenters. The lowest BCUT2D eigenvalue weighted by atomic mass is 10.1. The Morgan fingerprint density at radius 3 is 2.14 bits per heavy atom. The Morgan fingerprint density at radius 1 is 1.00 bits per heavy atom. The minimum atomic E-state index is -1.15. The largest absolute Gasteiger partial charge is 0.481 e. The van der Waals surface area contributed by atoms with Crippen molar-refractivity contribution in [3.8, 4) is 0 Å². The highest BCUT2D eigenvalue weighted by molar-refractivity contribution is 5.92. The van der Waals surface area contributed by atoms with E-state index in [2.05, 4.69) is 16.0 Å². The van der Waals surface area contributed by atoms with Gasteiger partial charge in [0.15, 0.2) is 0 Å². The molecule has 166 valence electrons. The Hall–Kier alpha value is -2.69. The highest BCUT2D eigenvalue weighted by Crippen LogP contribution is 2.01. The van der Waals surface area contributed by atoms with E-state index >= 15 is 0 Å². The number of carbonyl (C=O) groups excluding carboxylic acids is 4. The van der Waals surface area contributed by atoms with Gasteiger partial charge in [0, 0.05) is 19.4 Å². The summed E-state index contributed by atoms with van der Waals surface area (Å²) >= 11 is 0. The lowest BCUT2D eigenvalue weighted by Gasteiger charge is -2.22. The first kappa shape index (κ1) is 26.3. The first-order valence-corrected chi connectivity index (χ1v) is 9.51. The van der Waals surface area contributed by atoms with Crippen LogP contribution in [0.3, 0.4) is 0 Å². The van der Waals surface area contributed by atoms with Crippen LogP contribution in [0.4, 0.5) is 0 Å². The zero-order valence-electron chi connectivity index (χ0n) is 17.3. The van der Waals surface area contributed by atoms with Crippen molar-refractivity contribution in [1.29, 1.82) is 0 Å². The van der Waals surface area contributed by atoms with Crippen LogP contribution in [0.2, 0.25) is 0 Å². The smallest absolute Gasteiger partial charge is 0.303 e. The standard InChI is InChI=1S/C18H32N4O7/c1-5-6-14(23)20-9-10(2)29-12(4)18(28)21-11(3)17(27)22-13(16(19)26)7-8-15(24)25/h10-13H,5-9H2,1-4H3,(H2,19,26)(H,20,23)(H,21,28)(H,22,27)(H,24,25)/t10-,11-,12-,13+/m0/s1. The summed E-state index contributed by atoms with van der Waals surface area (Å²) in [5.74, 6) is -3.33. The van der Waals surface area contributed by atoms with E-state index in [1.54, 1.807) is 6.92 Å². The number of carboxylic acids is 1. The number of amides is 4. The zero-order chi connectivity index (χ0) is 22.6. The van der Waals surface area contributed by atoms with Gasteiger partial charge in [0.1, 0.15) is 18.2 Å². The number of nitrogens with one attached hydrogen (secondary N) is 3. The van der Waals surface area contributed by atoms with Crippen molar-refractivity contribution in [2.24, 2.45) is 5.73 Å². The minimum absolute atomic E-state index is 0.0998. The fourth-order valence-electron chi connectivity index (χ4n) is 2.28. The molecule has 11 heteroatoms. The number of aliphatic carboxylic acids is 1. The molecule has 29 heavy (non-hydrogen) atoms. The molecule has 0 fully saturated rings. The van der Waals surface area contributed by atoms with Crippen molar-refractivity contribution < 1.29 is 33.8 Å². The Morgan fingerprint density at radius 2 is 1.62 bits per heavy atom. The molecule has 0 spiro atoms. The Kier molecular flexibility index (Phi) is 12.2. The molecule has 0 bridgehead atoms. The molecule has 0 aromatic carbocycles. The fraction of sp³-hybridized carbons (Fsp3) is 0.722. The van der Waals surface area contributed by atoms with Gasteiger partial charge in [0.05, 0.1) is 6.10 Å². The number of primary amides is 1. The van der Waals surface area contributed by atoms with Crippen LogP contribution in [-0.4, -0.2) is 65.5 Å². The van der Waals surface area contributed by atoms with E-state index in [1.807, 2.05) is 6.92 Å². The summed E-state index contributed by atoms with van der Waals surface area (Å²) in [6.07, 6.45) is -0.663. The maximum Gasteiger partial charge on any atom is 0.303 e. The summed E-state index contributed by atoms with van der Waals surface area (Å²) in [6, 6.07) is -2.15. The van der Waals surface area contributed by atoms with E-state index in [0.717, 1.165) is 6.42 Å². The highest BCUT2D eigenvalue weighted by Gasteiger charge is 2.25. The third kappa shape index (κ3) is 11.7. The summed E-state index contributed by atoms with van der Waals surface area (Å²) in [6.45, 7) is 6.75. The molecule has 0 heterocycles. The van der Waals surface area contributed by atoms with Gasteiger partial charge < -0.3 is 31.5 Å². The fourth-order valence-corrected chi connectivity index (χ4v) is 2.28. The second-order valence-corrected chi connectivity index (χ2v) is 6.77. The molecule has 0 aromatic rings. The second-order valence-electron chi connectivity index (χ2n) is 6.77. The van der Waals surface area contributed by atoms with Gasteiger partial charge in [0.2, 0.25) is 23.6 Å². The first-order chi connectivity index (χ1) is 13.5. The Balaban J connectivity index is 4.50. The molecule has 0 saturated carbocycles. The van der Waals surface area contributed by atoms with Crippen molar-refractivity contribution in [2.45, 2.75) is 77.7 Å².